The van der Waals surface area contributed by atoms with Crippen LogP contribution in [0.2, 0.25) is 5.02 Å². The molecule has 3 N–H and O–H groups in total. The average molecular weight is 393 g/mol. The molecule has 1 atom stereocenters. The fourth-order valence-corrected chi connectivity index (χ4v) is 3.79. The smallest absolute Gasteiger partial charge is 0.318 e. The van der Waals surface area contributed by atoms with Crippen LogP contribution in [0.5, 0.6) is 0 Å². The molecule has 1 saturated heterocycles. The molecule has 0 spiro atoms. The van der Waals surface area contributed by atoms with Gasteiger partial charge in [-0.05, 0) is 25.0 Å². The van der Waals surface area contributed by atoms with E-state index in [9.17, 15) is 14.4 Å². The number of hydrogen-bond acceptors (Lipinski definition) is 3. The topological polar surface area (TPSA) is 90.5 Å². The molecule has 3 rings (SSSR count). The van der Waals surface area contributed by atoms with Gasteiger partial charge in [-0.15, -0.1) is 0 Å². The van der Waals surface area contributed by atoms with Gasteiger partial charge in [-0.2, -0.15) is 0 Å². The molecule has 8 heteroatoms. The van der Waals surface area contributed by atoms with E-state index in [1.165, 1.54) is 11.3 Å². The van der Waals surface area contributed by atoms with Gasteiger partial charge in [0.1, 0.15) is 6.04 Å². The Bertz CT molecular complexity index is 706. The van der Waals surface area contributed by atoms with Crippen molar-refractivity contribution in [2.75, 3.05) is 18.4 Å². The molecule has 2 aliphatic rings. The van der Waals surface area contributed by atoms with Crippen LogP contribution < -0.4 is 16.0 Å². The lowest BCUT2D eigenvalue weighted by Crippen LogP contribution is -2.61. The van der Waals surface area contributed by atoms with E-state index >= 15 is 0 Å². The third kappa shape index (κ3) is 5.13. The van der Waals surface area contributed by atoms with E-state index in [1.807, 2.05) is 0 Å². The number of para-hydroxylation sites is 1. The van der Waals surface area contributed by atoms with Crippen molar-refractivity contribution in [3.8, 4) is 0 Å². The highest BCUT2D eigenvalue weighted by molar-refractivity contribution is 6.33. The Hall–Kier alpha value is -2.28. The molecular weight excluding hydrogens is 368 g/mol. The minimum atomic E-state index is -0.829. The van der Waals surface area contributed by atoms with Crippen molar-refractivity contribution in [2.24, 2.45) is 0 Å². The first-order valence-electron chi connectivity index (χ1n) is 9.44. The van der Waals surface area contributed by atoms with Gasteiger partial charge >= 0.3 is 6.03 Å². The second-order valence-corrected chi connectivity index (χ2v) is 7.42. The second kappa shape index (κ2) is 9.08. The number of carbonyl (C=O) groups is 3. The van der Waals surface area contributed by atoms with Crippen LogP contribution >= 0.6 is 11.6 Å². The first kappa shape index (κ1) is 19.5. The van der Waals surface area contributed by atoms with Gasteiger partial charge in [0.05, 0.1) is 17.1 Å². The number of rotatable bonds is 4. The van der Waals surface area contributed by atoms with Crippen molar-refractivity contribution in [3.63, 3.8) is 0 Å². The van der Waals surface area contributed by atoms with Crippen LogP contribution in [0.25, 0.3) is 0 Å². The Morgan fingerprint density at radius 3 is 2.67 bits per heavy atom. The van der Waals surface area contributed by atoms with Gasteiger partial charge in [0.2, 0.25) is 11.8 Å². The van der Waals surface area contributed by atoms with Crippen molar-refractivity contribution in [1.29, 1.82) is 0 Å². The fraction of sp³-hybridized carbons (Fsp3) is 0.526. The molecule has 27 heavy (non-hydrogen) atoms. The van der Waals surface area contributed by atoms with E-state index < -0.39 is 6.04 Å². The van der Waals surface area contributed by atoms with Crippen LogP contribution in [0, 0.1) is 0 Å². The molecule has 2 fully saturated rings. The zero-order chi connectivity index (χ0) is 19.2. The molecule has 1 aliphatic carbocycles. The number of hydrogen-bond donors (Lipinski definition) is 3. The highest BCUT2D eigenvalue weighted by Gasteiger charge is 2.35. The maximum atomic E-state index is 12.7. The van der Waals surface area contributed by atoms with Gasteiger partial charge in [0, 0.05) is 19.1 Å². The second-order valence-electron chi connectivity index (χ2n) is 7.02. The van der Waals surface area contributed by atoms with Crippen molar-refractivity contribution >= 4 is 35.1 Å². The van der Waals surface area contributed by atoms with E-state index in [0.717, 1.165) is 25.7 Å². The third-order valence-electron chi connectivity index (χ3n) is 5.05. The Kier molecular flexibility index (Phi) is 6.55. The van der Waals surface area contributed by atoms with Crippen LogP contribution in [0.1, 0.15) is 38.5 Å². The van der Waals surface area contributed by atoms with E-state index in [4.69, 9.17) is 11.6 Å². The van der Waals surface area contributed by atoms with E-state index in [2.05, 4.69) is 16.0 Å². The quantitative estimate of drug-likeness (QED) is 0.735. The maximum Gasteiger partial charge on any atom is 0.318 e. The van der Waals surface area contributed by atoms with E-state index in [1.54, 1.807) is 24.3 Å². The molecule has 4 amide bonds. The van der Waals surface area contributed by atoms with Gasteiger partial charge in [-0.1, -0.05) is 43.0 Å². The summed E-state index contributed by atoms with van der Waals surface area (Å²) >= 11 is 6.06. The number of carbonyl (C=O) groups excluding carboxylic acids is 3. The highest BCUT2D eigenvalue weighted by Crippen LogP contribution is 2.22. The summed E-state index contributed by atoms with van der Waals surface area (Å²) in [7, 11) is 0. The zero-order valence-electron chi connectivity index (χ0n) is 15.2. The SMILES string of the molecule is O=C(CC1C(=O)NCCN1C(=O)NC1CCCCC1)Nc1ccccc1Cl. The first-order valence-corrected chi connectivity index (χ1v) is 9.81. The lowest BCUT2D eigenvalue weighted by Gasteiger charge is -2.36. The number of nitrogens with one attached hydrogen (secondary N) is 3. The Balaban J connectivity index is 1.63. The van der Waals surface area contributed by atoms with Crippen molar-refractivity contribution in [3.05, 3.63) is 29.3 Å². The molecule has 0 radical (unpaired) electrons. The number of amides is 4. The largest absolute Gasteiger partial charge is 0.353 e. The average Bonchev–Trinajstić information content (AvgIpc) is 2.66. The Labute approximate surface area is 163 Å². The van der Waals surface area contributed by atoms with Gasteiger partial charge in [-0.3, -0.25) is 9.59 Å². The first-order chi connectivity index (χ1) is 13.0. The molecule has 7 nitrogen and oxygen atoms in total. The number of anilines is 1. The number of halogens is 1. The minimum Gasteiger partial charge on any atom is -0.353 e. The number of nitrogens with zero attached hydrogens (tertiary/aromatic N) is 1. The summed E-state index contributed by atoms with van der Waals surface area (Å²) < 4.78 is 0. The molecule has 1 aromatic carbocycles. The fourth-order valence-electron chi connectivity index (χ4n) is 3.60. The highest BCUT2D eigenvalue weighted by atomic mass is 35.5. The summed E-state index contributed by atoms with van der Waals surface area (Å²) in [4.78, 5) is 38.9. The van der Waals surface area contributed by atoms with Gasteiger partial charge in [-0.25, -0.2) is 4.79 Å². The van der Waals surface area contributed by atoms with E-state index in [-0.39, 0.29) is 30.3 Å². The summed E-state index contributed by atoms with van der Waals surface area (Å²) in [6, 6.07) is 5.94. The van der Waals surface area contributed by atoms with Gasteiger partial charge in [0.15, 0.2) is 0 Å². The molecule has 1 saturated carbocycles. The standard InChI is InChI=1S/C19H25ClN4O3/c20-14-8-4-5-9-15(14)23-17(25)12-16-18(26)21-10-11-24(16)19(27)22-13-6-2-1-3-7-13/h4-5,8-9,13,16H,1-3,6-7,10-12H2,(H,21,26)(H,22,27)(H,23,25). The van der Waals surface area contributed by atoms with Crippen LogP contribution in [0.3, 0.4) is 0 Å². The van der Waals surface area contributed by atoms with Crippen molar-refractivity contribution in [2.45, 2.75) is 50.6 Å². The molecule has 146 valence electrons. The van der Waals surface area contributed by atoms with Crippen LogP contribution in [-0.2, 0) is 9.59 Å². The van der Waals surface area contributed by atoms with Crippen LogP contribution in [0.4, 0.5) is 10.5 Å². The number of piperazine rings is 1. The molecule has 1 heterocycles. The Morgan fingerprint density at radius 1 is 1.19 bits per heavy atom. The molecule has 0 bridgehead atoms. The molecule has 1 aromatic rings. The summed E-state index contributed by atoms with van der Waals surface area (Å²) in [6.07, 6.45) is 5.22. The van der Waals surface area contributed by atoms with Crippen LogP contribution in [-0.4, -0.2) is 47.9 Å². The van der Waals surface area contributed by atoms with Crippen LogP contribution in [0.15, 0.2) is 24.3 Å². The number of urea groups is 1. The van der Waals surface area contributed by atoms with E-state index in [0.29, 0.717) is 23.8 Å². The summed E-state index contributed by atoms with van der Waals surface area (Å²) in [5, 5.41) is 8.89. The summed E-state index contributed by atoms with van der Waals surface area (Å²) in [6.45, 7) is 0.772. The zero-order valence-corrected chi connectivity index (χ0v) is 15.9. The summed E-state index contributed by atoms with van der Waals surface area (Å²) in [5.74, 6) is -0.671. The maximum absolute atomic E-state index is 12.7. The number of benzene rings is 1. The molecule has 1 aliphatic heterocycles. The monoisotopic (exact) mass is 392 g/mol. The third-order valence-corrected chi connectivity index (χ3v) is 5.38. The lowest BCUT2D eigenvalue weighted by molar-refractivity contribution is -0.131. The Morgan fingerprint density at radius 2 is 1.93 bits per heavy atom. The predicted octanol–water partition coefficient (Wildman–Crippen LogP) is 2.51. The summed E-state index contributed by atoms with van der Waals surface area (Å²) in [5.41, 5.74) is 0.485. The predicted molar refractivity (Wildman–Crippen MR) is 104 cm³/mol. The van der Waals surface area contributed by atoms with Gasteiger partial charge < -0.3 is 20.9 Å². The molecular formula is C19H25ClN4O3. The normalized spacial score (nSPS) is 20.7. The van der Waals surface area contributed by atoms with Gasteiger partial charge in [0.25, 0.3) is 0 Å². The van der Waals surface area contributed by atoms with Crippen molar-refractivity contribution in [1.82, 2.24) is 15.5 Å². The molecule has 0 aromatic heterocycles. The van der Waals surface area contributed by atoms with Crippen molar-refractivity contribution < 1.29 is 14.4 Å². The molecule has 1 unspecified atom stereocenters. The minimum absolute atomic E-state index is 0.116. The lowest BCUT2D eigenvalue weighted by atomic mass is 9.95.